The molecule has 0 heterocycles. The first kappa shape index (κ1) is 18.9. The molecule has 2 aromatic carbocycles. The van der Waals surface area contributed by atoms with Gasteiger partial charge in [0.05, 0.1) is 5.92 Å². The minimum Gasteiger partial charge on any atom is -0.491 e. The van der Waals surface area contributed by atoms with E-state index < -0.39 is 29.6 Å². The van der Waals surface area contributed by atoms with Crippen molar-refractivity contribution in [1.29, 1.82) is 0 Å². The molecule has 1 amide bonds. The molecule has 134 valence electrons. The summed E-state index contributed by atoms with van der Waals surface area (Å²) in [7, 11) is 0. The molecule has 2 aromatic rings. The van der Waals surface area contributed by atoms with E-state index in [1.165, 1.54) is 13.0 Å². The van der Waals surface area contributed by atoms with E-state index in [4.69, 9.17) is 4.74 Å². The summed E-state index contributed by atoms with van der Waals surface area (Å²) in [6.07, 6.45) is -0.942. The quantitative estimate of drug-likeness (QED) is 0.808. The number of carbonyl (C=O) groups is 1. The van der Waals surface area contributed by atoms with Gasteiger partial charge < -0.3 is 15.2 Å². The van der Waals surface area contributed by atoms with Crippen LogP contribution in [0.3, 0.4) is 0 Å². The third-order valence-corrected chi connectivity index (χ3v) is 3.77. The highest BCUT2D eigenvalue weighted by molar-refractivity contribution is 5.83. The van der Waals surface area contributed by atoms with Crippen LogP contribution in [-0.2, 0) is 4.79 Å². The average molecular weight is 349 g/mol. The van der Waals surface area contributed by atoms with E-state index in [1.54, 1.807) is 6.07 Å². The summed E-state index contributed by atoms with van der Waals surface area (Å²) in [6, 6.07) is 10.8. The Morgan fingerprint density at radius 1 is 1.20 bits per heavy atom. The van der Waals surface area contributed by atoms with Gasteiger partial charge in [-0.15, -0.1) is 0 Å². The van der Waals surface area contributed by atoms with E-state index in [0.717, 1.165) is 17.7 Å². The molecule has 0 aliphatic carbocycles. The van der Waals surface area contributed by atoms with Crippen LogP contribution in [0.5, 0.6) is 5.75 Å². The molecule has 0 saturated heterocycles. The number of aryl methyl sites for hydroxylation is 1. The molecule has 0 fully saturated rings. The lowest BCUT2D eigenvalue weighted by Crippen LogP contribution is -2.37. The highest BCUT2D eigenvalue weighted by Crippen LogP contribution is 2.22. The first-order chi connectivity index (χ1) is 11.9. The molecule has 0 saturated carbocycles. The van der Waals surface area contributed by atoms with Crippen molar-refractivity contribution in [2.24, 2.45) is 0 Å². The largest absolute Gasteiger partial charge is 0.491 e. The number of hydrogen-bond acceptors (Lipinski definition) is 3. The fourth-order valence-corrected chi connectivity index (χ4v) is 2.38. The predicted molar refractivity (Wildman–Crippen MR) is 90.5 cm³/mol. The lowest BCUT2D eigenvalue weighted by atomic mass is 9.99. The van der Waals surface area contributed by atoms with E-state index in [2.05, 4.69) is 5.32 Å². The molecule has 2 rings (SSSR count). The Kier molecular flexibility index (Phi) is 6.47. The van der Waals surface area contributed by atoms with Gasteiger partial charge in [0, 0.05) is 12.1 Å². The summed E-state index contributed by atoms with van der Waals surface area (Å²) >= 11 is 0. The Labute approximate surface area is 145 Å². The van der Waals surface area contributed by atoms with Crippen LogP contribution in [0.15, 0.2) is 42.5 Å². The van der Waals surface area contributed by atoms with Crippen molar-refractivity contribution >= 4 is 5.91 Å². The summed E-state index contributed by atoms with van der Waals surface area (Å²) in [5, 5.41) is 12.4. The molecule has 0 bridgehead atoms. The Balaban J connectivity index is 1.84. The number of nitrogens with one attached hydrogen (secondary N) is 1. The van der Waals surface area contributed by atoms with Crippen LogP contribution in [0.25, 0.3) is 0 Å². The molecule has 25 heavy (non-hydrogen) atoms. The minimum absolute atomic E-state index is 0.00776. The lowest BCUT2D eigenvalue weighted by molar-refractivity contribution is -0.122. The van der Waals surface area contributed by atoms with Gasteiger partial charge in [-0.2, -0.15) is 0 Å². The van der Waals surface area contributed by atoms with E-state index in [-0.39, 0.29) is 18.7 Å². The number of aliphatic hydroxyl groups is 1. The van der Waals surface area contributed by atoms with Crippen molar-refractivity contribution in [3.8, 4) is 5.75 Å². The maximum atomic E-state index is 13.7. The SMILES string of the molecule is Cc1cccc(OCC(O)CNC(=O)C(C)c2c(F)cccc2F)c1. The van der Waals surface area contributed by atoms with E-state index in [1.807, 2.05) is 25.1 Å². The average Bonchev–Trinajstić information content (AvgIpc) is 2.57. The van der Waals surface area contributed by atoms with Crippen LogP contribution in [-0.4, -0.2) is 30.3 Å². The molecule has 0 aliphatic heterocycles. The molecule has 2 atom stereocenters. The molecule has 2 N–H and O–H groups in total. The van der Waals surface area contributed by atoms with Gasteiger partial charge in [0.1, 0.15) is 30.1 Å². The van der Waals surface area contributed by atoms with E-state index in [0.29, 0.717) is 5.75 Å². The highest BCUT2D eigenvalue weighted by atomic mass is 19.1. The first-order valence-electron chi connectivity index (χ1n) is 7.97. The van der Waals surface area contributed by atoms with E-state index >= 15 is 0 Å². The summed E-state index contributed by atoms with van der Waals surface area (Å²) in [4.78, 5) is 12.1. The van der Waals surface area contributed by atoms with Crippen LogP contribution >= 0.6 is 0 Å². The fourth-order valence-electron chi connectivity index (χ4n) is 2.38. The second-order valence-electron chi connectivity index (χ2n) is 5.88. The molecule has 0 aromatic heterocycles. The smallest absolute Gasteiger partial charge is 0.227 e. The summed E-state index contributed by atoms with van der Waals surface area (Å²) in [5.74, 6) is -2.51. The molecule has 2 unspecified atom stereocenters. The Hall–Kier alpha value is -2.47. The molecule has 4 nitrogen and oxygen atoms in total. The molecule has 0 spiro atoms. The number of benzene rings is 2. The van der Waals surface area contributed by atoms with Gasteiger partial charge in [0.25, 0.3) is 0 Å². The van der Waals surface area contributed by atoms with Crippen LogP contribution in [0.2, 0.25) is 0 Å². The molecule has 0 radical (unpaired) electrons. The number of halogens is 2. The van der Waals surface area contributed by atoms with Crippen molar-refractivity contribution in [3.63, 3.8) is 0 Å². The standard InChI is InChI=1S/C19H21F2NO3/c1-12-5-3-6-15(9-12)25-11-14(23)10-22-19(24)13(2)18-16(20)7-4-8-17(18)21/h3-9,13-14,23H,10-11H2,1-2H3,(H,22,24). The monoisotopic (exact) mass is 349 g/mol. The van der Waals surface area contributed by atoms with Crippen molar-refractivity contribution in [1.82, 2.24) is 5.32 Å². The van der Waals surface area contributed by atoms with E-state index in [9.17, 15) is 18.7 Å². The normalized spacial score (nSPS) is 13.2. The second-order valence-corrected chi connectivity index (χ2v) is 5.88. The molecular formula is C19H21F2NO3. The van der Waals surface area contributed by atoms with Gasteiger partial charge in [-0.3, -0.25) is 4.79 Å². The number of amides is 1. The van der Waals surface area contributed by atoms with Crippen molar-refractivity contribution in [2.75, 3.05) is 13.2 Å². The van der Waals surface area contributed by atoms with Gasteiger partial charge in [0.15, 0.2) is 0 Å². The molecule has 6 heteroatoms. The number of aliphatic hydroxyl groups excluding tert-OH is 1. The van der Waals surface area contributed by atoms with Gasteiger partial charge in [-0.25, -0.2) is 8.78 Å². The lowest BCUT2D eigenvalue weighted by Gasteiger charge is -2.17. The Bertz CT molecular complexity index is 716. The third kappa shape index (κ3) is 5.26. The van der Waals surface area contributed by atoms with Gasteiger partial charge in [-0.1, -0.05) is 18.2 Å². The highest BCUT2D eigenvalue weighted by Gasteiger charge is 2.22. The van der Waals surface area contributed by atoms with Crippen LogP contribution < -0.4 is 10.1 Å². The van der Waals surface area contributed by atoms with Crippen molar-refractivity contribution < 1.29 is 23.4 Å². The zero-order chi connectivity index (χ0) is 18.4. The second kappa shape index (κ2) is 8.58. The Morgan fingerprint density at radius 2 is 1.84 bits per heavy atom. The maximum Gasteiger partial charge on any atom is 0.227 e. The summed E-state index contributed by atoms with van der Waals surface area (Å²) < 4.78 is 32.9. The predicted octanol–water partition coefficient (Wildman–Crippen LogP) is 2.93. The fraction of sp³-hybridized carbons (Fsp3) is 0.316. The summed E-state index contributed by atoms with van der Waals surface area (Å²) in [5.41, 5.74) is 0.742. The first-order valence-corrected chi connectivity index (χ1v) is 7.97. The van der Waals surface area contributed by atoms with Gasteiger partial charge in [0.2, 0.25) is 5.91 Å². The topological polar surface area (TPSA) is 58.6 Å². The minimum atomic E-state index is -1.01. The molecule has 0 aliphatic rings. The van der Waals surface area contributed by atoms with Crippen molar-refractivity contribution in [2.45, 2.75) is 25.9 Å². The zero-order valence-corrected chi connectivity index (χ0v) is 14.1. The summed E-state index contributed by atoms with van der Waals surface area (Å²) in [6.45, 7) is 3.25. The number of ether oxygens (including phenoxy) is 1. The van der Waals surface area contributed by atoms with Crippen molar-refractivity contribution in [3.05, 3.63) is 65.2 Å². The van der Waals surface area contributed by atoms with Crippen LogP contribution in [0.4, 0.5) is 8.78 Å². The Morgan fingerprint density at radius 3 is 2.48 bits per heavy atom. The maximum absolute atomic E-state index is 13.7. The number of hydrogen-bond donors (Lipinski definition) is 2. The van der Waals surface area contributed by atoms with Gasteiger partial charge in [-0.05, 0) is 43.7 Å². The van der Waals surface area contributed by atoms with Crippen LogP contribution in [0, 0.1) is 18.6 Å². The number of rotatable bonds is 7. The van der Waals surface area contributed by atoms with Gasteiger partial charge >= 0.3 is 0 Å². The number of carbonyl (C=O) groups excluding carboxylic acids is 1. The molecular weight excluding hydrogens is 328 g/mol. The zero-order valence-electron chi connectivity index (χ0n) is 14.1. The van der Waals surface area contributed by atoms with Crippen LogP contribution in [0.1, 0.15) is 24.0 Å². The third-order valence-electron chi connectivity index (χ3n) is 3.77.